The molecule has 2 aliphatic rings. The van der Waals surface area contributed by atoms with Crippen LogP contribution in [0.2, 0.25) is 0 Å². The number of carbonyl (C=O) groups is 5. The molecule has 222 valence electrons. The molecule has 0 radical (unpaired) electrons. The number of fused-ring (bicyclic) bond motifs is 1. The zero-order valence-electron chi connectivity index (χ0n) is 23.7. The Kier molecular flexibility index (Phi) is 9.11. The number of esters is 1. The third-order valence-corrected chi connectivity index (χ3v) is 7.42. The van der Waals surface area contributed by atoms with Gasteiger partial charge in [-0.2, -0.15) is 5.01 Å². The van der Waals surface area contributed by atoms with Crippen LogP contribution in [0.5, 0.6) is 0 Å². The normalized spacial score (nSPS) is 16.5. The third kappa shape index (κ3) is 6.41. The van der Waals surface area contributed by atoms with Crippen molar-refractivity contribution in [3.8, 4) is 0 Å². The molecular weight excluding hydrogens is 552 g/mol. The molecule has 1 N–H and O–H groups in total. The largest absolute Gasteiger partial charge is 0.467 e. The molecule has 0 saturated carbocycles. The highest BCUT2D eigenvalue weighted by molar-refractivity contribution is 6.21. The molecule has 0 aliphatic carbocycles. The predicted octanol–water partition coefficient (Wildman–Crippen LogP) is 3.16. The van der Waals surface area contributed by atoms with Gasteiger partial charge in [0.15, 0.2) is 0 Å². The molecule has 1 fully saturated rings. The number of urea groups is 1. The maximum absolute atomic E-state index is 14.0. The second-order valence-corrected chi connectivity index (χ2v) is 10.2. The van der Waals surface area contributed by atoms with Gasteiger partial charge in [0.05, 0.1) is 38.0 Å². The first kappa shape index (κ1) is 29.5. The van der Waals surface area contributed by atoms with Gasteiger partial charge in [-0.25, -0.2) is 14.6 Å². The molecule has 1 saturated heterocycles. The number of nitrogens with zero attached hydrogens (tertiary/aromatic N) is 3. The average molecular weight is 585 g/mol. The van der Waals surface area contributed by atoms with Crippen molar-refractivity contribution in [3.63, 3.8) is 0 Å². The van der Waals surface area contributed by atoms with Crippen molar-refractivity contribution in [1.82, 2.24) is 20.2 Å². The number of carbonyl (C=O) groups excluding carboxylic acids is 5. The minimum Gasteiger partial charge on any atom is -0.467 e. The highest BCUT2D eigenvalue weighted by Gasteiger charge is 2.43. The molecule has 0 spiro atoms. The van der Waals surface area contributed by atoms with Crippen LogP contribution in [-0.2, 0) is 32.2 Å². The first-order chi connectivity index (χ1) is 20.9. The van der Waals surface area contributed by atoms with Gasteiger partial charge in [-0.3, -0.25) is 14.4 Å². The highest BCUT2D eigenvalue weighted by Crippen LogP contribution is 2.26. The van der Waals surface area contributed by atoms with E-state index in [1.54, 1.807) is 36.4 Å². The molecule has 3 aromatic rings. The molecule has 0 bridgehead atoms. The number of hydrogen-bond acceptors (Lipinski definition) is 7. The van der Waals surface area contributed by atoms with E-state index in [1.165, 1.54) is 24.1 Å². The van der Waals surface area contributed by atoms with E-state index in [0.29, 0.717) is 24.9 Å². The first-order valence-corrected chi connectivity index (χ1v) is 14.0. The molecule has 43 heavy (non-hydrogen) atoms. The van der Waals surface area contributed by atoms with Crippen molar-refractivity contribution in [2.24, 2.45) is 0 Å². The second-order valence-electron chi connectivity index (χ2n) is 10.2. The Morgan fingerprint density at radius 1 is 0.884 bits per heavy atom. The first-order valence-electron chi connectivity index (χ1n) is 14.0. The second kappa shape index (κ2) is 13.3. The lowest BCUT2D eigenvalue weighted by Gasteiger charge is -2.33. The van der Waals surface area contributed by atoms with Crippen molar-refractivity contribution < 1.29 is 33.4 Å². The zero-order valence-corrected chi connectivity index (χ0v) is 23.7. The SMILES string of the molecule is COC(=O)C1CCCN1C(=O)C(COCc1ccccc1)NC(=O)N(Cc1ccccc1)N1C(=O)c2ccccc2C1=O. The molecule has 5 amide bonds. The van der Waals surface area contributed by atoms with Crippen LogP contribution in [0.4, 0.5) is 4.79 Å². The van der Waals surface area contributed by atoms with E-state index in [9.17, 15) is 24.0 Å². The monoisotopic (exact) mass is 584 g/mol. The molecule has 3 aromatic carbocycles. The molecule has 11 nitrogen and oxygen atoms in total. The summed E-state index contributed by atoms with van der Waals surface area (Å²) in [4.78, 5) is 68.3. The van der Waals surface area contributed by atoms with E-state index < -0.39 is 41.8 Å². The van der Waals surface area contributed by atoms with E-state index in [1.807, 2.05) is 36.4 Å². The van der Waals surface area contributed by atoms with E-state index in [-0.39, 0.29) is 30.9 Å². The number of amides is 5. The number of hydrazine groups is 1. The predicted molar refractivity (Wildman–Crippen MR) is 154 cm³/mol. The van der Waals surface area contributed by atoms with Crippen LogP contribution in [0.15, 0.2) is 84.9 Å². The summed E-state index contributed by atoms with van der Waals surface area (Å²) < 4.78 is 10.8. The molecule has 11 heteroatoms. The Morgan fingerprint density at radius 3 is 2.07 bits per heavy atom. The molecular formula is C32H32N4O7. The fraction of sp³-hybridized carbons (Fsp3) is 0.281. The summed E-state index contributed by atoms with van der Waals surface area (Å²) in [6.07, 6.45) is 1.02. The van der Waals surface area contributed by atoms with Crippen LogP contribution in [0.25, 0.3) is 0 Å². The summed E-state index contributed by atoms with van der Waals surface area (Å²) in [6, 6.07) is 21.7. The van der Waals surface area contributed by atoms with Gasteiger partial charge in [-0.15, -0.1) is 0 Å². The lowest BCUT2D eigenvalue weighted by molar-refractivity contribution is -0.152. The van der Waals surface area contributed by atoms with E-state index in [0.717, 1.165) is 15.6 Å². The zero-order chi connectivity index (χ0) is 30.3. The molecule has 2 atom stereocenters. The topological polar surface area (TPSA) is 126 Å². The summed E-state index contributed by atoms with van der Waals surface area (Å²) in [7, 11) is 1.26. The molecule has 2 aliphatic heterocycles. The van der Waals surface area contributed by atoms with Gasteiger partial charge in [0.1, 0.15) is 12.1 Å². The van der Waals surface area contributed by atoms with E-state index in [2.05, 4.69) is 5.32 Å². The number of ether oxygens (including phenoxy) is 2. The van der Waals surface area contributed by atoms with Crippen molar-refractivity contribution in [3.05, 3.63) is 107 Å². The number of methoxy groups -OCH3 is 1. The number of benzene rings is 3. The third-order valence-electron chi connectivity index (χ3n) is 7.42. The molecule has 5 rings (SSSR count). The lowest BCUT2D eigenvalue weighted by Crippen LogP contribution is -2.59. The Hall–Kier alpha value is -5.03. The van der Waals surface area contributed by atoms with Crippen LogP contribution >= 0.6 is 0 Å². The van der Waals surface area contributed by atoms with Gasteiger partial charge in [-0.1, -0.05) is 72.8 Å². The van der Waals surface area contributed by atoms with Gasteiger partial charge < -0.3 is 19.7 Å². The number of hydrogen-bond donors (Lipinski definition) is 1. The van der Waals surface area contributed by atoms with Crippen molar-refractivity contribution >= 4 is 29.7 Å². The molecule has 2 unspecified atom stereocenters. The fourth-order valence-corrected chi connectivity index (χ4v) is 5.26. The molecule has 0 aromatic heterocycles. The maximum Gasteiger partial charge on any atom is 0.337 e. The summed E-state index contributed by atoms with van der Waals surface area (Å²) >= 11 is 0. The summed E-state index contributed by atoms with van der Waals surface area (Å²) in [5.74, 6) is -2.38. The average Bonchev–Trinajstić information content (AvgIpc) is 3.63. The van der Waals surface area contributed by atoms with Crippen molar-refractivity contribution in [1.29, 1.82) is 0 Å². The summed E-state index contributed by atoms with van der Waals surface area (Å²) in [5.41, 5.74) is 1.87. The number of likely N-dealkylation sites (tertiary alicyclic amines) is 1. The van der Waals surface area contributed by atoms with Crippen molar-refractivity contribution in [2.75, 3.05) is 20.3 Å². The Balaban J connectivity index is 1.42. The molecule has 2 heterocycles. The van der Waals surface area contributed by atoms with Gasteiger partial charge in [0.2, 0.25) is 5.91 Å². The maximum atomic E-state index is 14.0. The minimum absolute atomic E-state index is 0.127. The van der Waals surface area contributed by atoms with Gasteiger partial charge in [0, 0.05) is 6.54 Å². The Bertz CT molecular complexity index is 1460. The quantitative estimate of drug-likeness (QED) is 0.287. The minimum atomic E-state index is -1.23. The smallest absolute Gasteiger partial charge is 0.337 e. The Morgan fingerprint density at radius 2 is 1.47 bits per heavy atom. The number of nitrogens with one attached hydrogen (secondary N) is 1. The number of imide groups is 1. The summed E-state index contributed by atoms with van der Waals surface area (Å²) in [5, 5.41) is 4.49. The van der Waals surface area contributed by atoms with Crippen LogP contribution in [0, 0.1) is 0 Å². The highest BCUT2D eigenvalue weighted by atomic mass is 16.5. The van der Waals surface area contributed by atoms with E-state index in [4.69, 9.17) is 9.47 Å². The lowest BCUT2D eigenvalue weighted by atomic mass is 10.1. The van der Waals surface area contributed by atoms with Gasteiger partial charge >= 0.3 is 12.0 Å². The van der Waals surface area contributed by atoms with Crippen LogP contribution in [0.1, 0.15) is 44.7 Å². The fourth-order valence-electron chi connectivity index (χ4n) is 5.26. The van der Waals surface area contributed by atoms with Crippen LogP contribution in [-0.4, -0.2) is 77.0 Å². The van der Waals surface area contributed by atoms with Crippen LogP contribution in [0.3, 0.4) is 0 Å². The summed E-state index contributed by atoms with van der Waals surface area (Å²) in [6.45, 7) is 0.131. The standard InChI is InChI=1S/C32H32N4O7/c1-42-31(40)27-17-10-18-34(27)30(39)26(21-43-20-23-13-6-3-7-14-23)33-32(41)35(19-22-11-4-2-5-12-22)36-28(37)24-15-8-9-16-25(24)29(36)38/h2-9,11-16,26-27H,10,17-21H2,1H3,(H,33,41). The van der Waals surface area contributed by atoms with Gasteiger partial charge in [0.25, 0.3) is 11.8 Å². The van der Waals surface area contributed by atoms with Crippen LogP contribution < -0.4 is 5.32 Å². The van der Waals surface area contributed by atoms with E-state index >= 15 is 0 Å². The van der Waals surface area contributed by atoms with Crippen molar-refractivity contribution in [2.45, 2.75) is 38.1 Å². The number of rotatable bonds is 10. The Labute approximate surface area is 248 Å². The van der Waals surface area contributed by atoms with Gasteiger partial charge in [-0.05, 0) is 36.1 Å².